The topological polar surface area (TPSA) is 59.1 Å². The Hall–Kier alpha value is -1.36. The van der Waals surface area contributed by atoms with Crippen molar-refractivity contribution in [3.8, 4) is 0 Å². The Balaban J connectivity index is 2.06. The predicted octanol–water partition coefficient (Wildman–Crippen LogP) is 3.09. The average molecular weight is 292 g/mol. The van der Waals surface area contributed by atoms with Crippen molar-refractivity contribution in [1.82, 2.24) is 9.97 Å². The van der Waals surface area contributed by atoms with Gasteiger partial charge in [-0.2, -0.15) is 0 Å². The lowest BCUT2D eigenvalue weighted by Crippen LogP contribution is -2.27. The van der Waals surface area contributed by atoms with Crippen LogP contribution in [0.25, 0.3) is 0 Å². The molecule has 0 saturated carbocycles. The first-order valence-electron chi connectivity index (χ1n) is 8.19. The standard InChI is InChI=1S/C16H28N4O/c1-4-6-14-19-15(17-8-5-2)10-16(20-14)18-12(3)13-7-9-21-11-13/h10,12-13H,4-9,11H2,1-3H3,(H2,17,18,19,20). The molecule has 5 nitrogen and oxygen atoms in total. The summed E-state index contributed by atoms with van der Waals surface area (Å²) in [6, 6.07) is 2.39. The lowest BCUT2D eigenvalue weighted by molar-refractivity contribution is 0.183. The number of hydrogen-bond donors (Lipinski definition) is 2. The number of aryl methyl sites for hydroxylation is 1. The zero-order valence-corrected chi connectivity index (χ0v) is 13.5. The van der Waals surface area contributed by atoms with E-state index in [4.69, 9.17) is 4.74 Å². The van der Waals surface area contributed by atoms with Crippen LogP contribution in [0.1, 0.15) is 45.9 Å². The molecule has 21 heavy (non-hydrogen) atoms. The summed E-state index contributed by atoms with van der Waals surface area (Å²) in [6.07, 6.45) is 4.19. The highest BCUT2D eigenvalue weighted by atomic mass is 16.5. The normalized spacial score (nSPS) is 19.5. The molecule has 1 saturated heterocycles. The second-order valence-electron chi connectivity index (χ2n) is 5.79. The maximum Gasteiger partial charge on any atom is 0.133 e. The van der Waals surface area contributed by atoms with Gasteiger partial charge in [0.2, 0.25) is 0 Å². The molecule has 1 aromatic rings. The Kier molecular flexibility index (Phi) is 6.23. The van der Waals surface area contributed by atoms with Gasteiger partial charge < -0.3 is 15.4 Å². The maximum absolute atomic E-state index is 5.47. The summed E-state index contributed by atoms with van der Waals surface area (Å²) in [7, 11) is 0. The van der Waals surface area contributed by atoms with Crippen molar-refractivity contribution < 1.29 is 4.74 Å². The minimum absolute atomic E-state index is 0.371. The molecule has 0 spiro atoms. The Labute approximate surface area is 127 Å². The number of hydrogen-bond acceptors (Lipinski definition) is 5. The number of nitrogens with one attached hydrogen (secondary N) is 2. The highest BCUT2D eigenvalue weighted by Gasteiger charge is 2.22. The van der Waals surface area contributed by atoms with E-state index in [0.29, 0.717) is 12.0 Å². The lowest BCUT2D eigenvalue weighted by atomic mass is 10.0. The van der Waals surface area contributed by atoms with E-state index in [-0.39, 0.29) is 0 Å². The smallest absolute Gasteiger partial charge is 0.133 e. The summed E-state index contributed by atoms with van der Waals surface area (Å²) < 4.78 is 5.47. The van der Waals surface area contributed by atoms with Crippen molar-refractivity contribution in [3.05, 3.63) is 11.9 Å². The monoisotopic (exact) mass is 292 g/mol. The number of aromatic nitrogens is 2. The van der Waals surface area contributed by atoms with Crippen LogP contribution in [-0.2, 0) is 11.2 Å². The summed E-state index contributed by atoms with van der Waals surface area (Å²) in [5.74, 6) is 3.33. The quantitative estimate of drug-likeness (QED) is 0.771. The molecule has 0 amide bonds. The Morgan fingerprint density at radius 1 is 1.29 bits per heavy atom. The number of ether oxygens (including phenoxy) is 1. The van der Waals surface area contributed by atoms with Crippen LogP contribution in [0.4, 0.5) is 11.6 Å². The van der Waals surface area contributed by atoms with Gasteiger partial charge in [-0.15, -0.1) is 0 Å². The van der Waals surface area contributed by atoms with Crippen molar-refractivity contribution in [2.24, 2.45) is 5.92 Å². The van der Waals surface area contributed by atoms with Crippen LogP contribution >= 0.6 is 0 Å². The van der Waals surface area contributed by atoms with Gasteiger partial charge in [0.15, 0.2) is 0 Å². The number of anilines is 2. The second-order valence-corrected chi connectivity index (χ2v) is 5.79. The molecule has 1 aliphatic rings. The van der Waals surface area contributed by atoms with Crippen molar-refractivity contribution in [2.45, 2.75) is 52.5 Å². The summed E-state index contributed by atoms with van der Waals surface area (Å²) in [5.41, 5.74) is 0. The molecule has 2 N–H and O–H groups in total. The van der Waals surface area contributed by atoms with Crippen LogP contribution in [0.2, 0.25) is 0 Å². The van der Waals surface area contributed by atoms with E-state index in [0.717, 1.165) is 62.9 Å². The Bertz CT molecular complexity index is 432. The van der Waals surface area contributed by atoms with Gasteiger partial charge in [0.05, 0.1) is 6.61 Å². The summed E-state index contributed by atoms with van der Waals surface area (Å²) in [6.45, 7) is 9.19. The van der Waals surface area contributed by atoms with Crippen LogP contribution in [0.5, 0.6) is 0 Å². The van der Waals surface area contributed by atoms with Gasteiger partial charge in [0, 0.05) is 37.6 Å². The average Bonchev–Trinajstić information content (AvgIpc) is 2.99. The fourth-order valence-electron chi connectivity index (χ4n) is 2.55. The largest absolute Gasteiger partial charge is 0.381 e. The summed E-state index contributed by atoms with van der Waals surface area (Å²) in [5, 5.41) is 6.89. The van der Waals surface area contributed by atoms with Crippen LogP contribution < -0.4 is 10.6 Å². The number of nitrogens with zero attached hydrogens (tertiary/aromatic N) is 2. The molecule has 2 atom stereocenters. The first-order valence-corrected chi connectivity index (χ1v) is 8.19. The van der Waals surface area contributed by atoms with Gasteiger partial charge >= 0.3 is 0 Å². The van der Waals surface area contributed by atoms with E-state index >= 15 is 0 Å². The highest BCUT2D eigenvalue weighted by Crippen LogP contribution is 2.21. The van der Waals surface area contributed by atoms with Gasteiger partial charge in [-0.1, -0.05) is 13.8 Å². The zero-order valence-electron chi connectivity index (χ0n) is 13.5. The molecule has 0 aliphatic carbocycles. The summed E-state index contributed by atoms with van der Waals surface area (Å²) >= 11 is 0. The molecule has 0 aromatic carbocycles. The highest BCUT2D eigenvalue weighted by molar-refractivity contribution is 5.48. The third-order valence-corrected chi connectivity index (χ3v) is 3.85. The fourth-order valence-corrected chi connectivity index (χ4v) is 2.55. The van der Waals surface area contributed by atoms with E-state index in [9.17, 15) is 0 Å². The van der Waals surface area contributed by atoms with Crippen LogP contribution in [0.3, 0.4) is 0 Å². The van der Waals surface area contributed by atoms with Crippen molar-refractivity contribution in [1.29, 1.82) is 0 Å². The Morgan fingerprint density at radius 2 is 2.10 bits per heavy atom. The van der Waals surface area contributed by atoms with Crippen molar-refractivity contribution in [3.63, 3.8) is 0 Å². The predicted molar refractivity (Wildman–Crippen MR) is 86.8 cm³/mol. The molecule has 5 heteroatoms. The molecule has 118 valence electrons. The molecule has 2 heterocycles. The molecule has 0 bridgehead atoms. The molecule has 2 unspecified atom stereocenters. The summed E-state index contributed by atoms with van der Waals surface area (Å²) in [4.78, 5) is 9.22. The van der Waals surface area contributed by atoms with E-state index in [2.05, 4.69) is 41.4 Å². The Morgan fingerprint density at radius 3 is 2.76 bits per heavy atom. The van der Waals surface area contributed by atoms with Crippen LogP contribution in [0, 0.1) is 5.92 Å². The van der Waals surface area contributed by atoms with Crippen LogP contribution in [0.15, 0.2) is 6.07 Å². The minimum atomic E-state index is 0.371. The fraction of sp³-hybridized carbons (Fsp3) is 0.750. The first kappa shape index (κ1) is 16.0. The number of rotatable bonds is 8. The van der Waals surface area contributed by atoms with Gasteiger partial charge in [-0.3, -0.25) is 0 Å². The van der Waals surface area contributed by atoms with Gasteiger partial charge in [0.25, 0.3) is 0 Å². The molecule has 1 aliphatic heterocycles. The molecule has 2 rings (SSSR count). The molecular formula is C16H28N4O. The molecule has 1 aromatic heterocycles. The third-order valence-electron chi connectivity index (χ3n) is 3.85. The minimum Gasteiger partial charge on any atom is -0.381 e. The zero-order chi connectivity index (χ0) is 15.1. The molecular weight excluding hydrogens is 264 g/mol. The van der Waals surface area contributed by atoms with Gasteiger partial charge in [-0.05, 0) is 26.2 Å². The van der Waals surface area contributed by atoms with Gasteiger partial charge in [-0.25, -0.2) is 9.97 Å². The van der Waals surface area contributed by atoms with Crippen LogP contribution in [-0.4, -0.2) is 35.8 Å². The van der Waals surface area contributed by atoms with E-state index in [1.165, 1.54) is 0 Å². The SMILES string of the molecule is CCCNc1cc(NC(C)C2CCOC2)nc(CCC)n1. The molecule has 1 fully saturated rings. The third kappa shape index (κ3) is 4.84. The lowest BCUT2D eigenvalue weighted by Gasteiger charge is -2.20. The second kappa shape index (κ2) is 8.17. The van der Waals surface area contributed by atoms with E-state index in [1.807, 2.05) is 6.07 Å². The van der Waals surface area contributed by atoms with E-state index in [1.54, 1.807) is 0 Å². The van der Waals surface area contributed by atoms with Crippen molar-refractivity contribution >= 4 is 11.6 Å². The maximum atomic E-state index is 5.47. The molecule has 0 radical (unpaired) electrons. The van der Waals surface area contributed by atoms with Gasteiger partial charge in [0.1, 0.15) is 17.5 Å². The first-order chi connectivity index (χ1) is 10.2. The van der Waals surface area contributed by atoms with Crippen molar-refractivity contribution in [2.75, 3.05) is 30.4 Å². The van der Waals surface area contributed by atoms with E-state index < -0.39 is 0 Å².